The third-order valence-electron chi connectivity index (χ3n) is 4.17. The van der Waals surface area contributed by atoms with E-state index in [1.54, 1.807) is 0 Å². The van der Waals surface area contributed by atoms with E-state index < -0.39 is 0 Å². The molecular weight excluding hydrogens is 258 g/mol. The molecule has 1 heterocycles. The van der Waals surface area contributed by atoms with E-state index in [0.29, 0.717) is 36.3 Å². The Hall–Kier alpha value is -1.06. The van der Waals surface area contributed by atoms with Crippen LogP contribution in [0, 0.1) is 11.8 Å². The van der Waals surface area contributed by atoms with Crippen LogP contribution in [0.25, 0.3) is 0 Å². The van der Waals surface area contributed by atoms with E-state index >= 15 is 0 Å². The molecule has 1 aromatic rings. The van der Waals surface area contributed by atoms with Crippen molar-refractivity contribution in [3.63, 3.8) is 0 Å². The van der Waals surface area contributed by atoms with Gasteiger partial charge in [-0.2, -0.15) is 0 Å². The van der Waals surface area contributed by atoms with Crippen LogP contribution in [0.4, 0.5) is 0 Å². The van der Waals surface area contributed by atoms with Gasteiger partial charge in [0.1, 0.15) is 0 Å². The highest BCUT2D eigenvalue weighted by Gasteiger charge is 2.55. The second-order valence-electron chi connectivity index (χ2n) is 5.66. The van der Waals surface area contributed by atoms with Crippen molar-refractivity contribution in [1.82, 2.24) is 5.32 Å². The van der Waals surface area contributed by atoms with Gasteiger partial charge in [0.25, 0.3) is 0 Å². The van der Waals surface area contributed by atoms with E-state index in [-0.39, 0.29) is 0 Å². The van der Waals surface area contributed by atoms with Gasteiger partial charge < -0.3 is 11.1 Å². The number of rotatable bonds is 3. The van der Waals surface area contributed by atoms with Crippen LogP contribution in [0.5, 0.6) is 0 Å². The molecule has 0 radical (unpaired) electrons. The van der Waals surface area contributed by atoms with E-state index in [0.717, 1.165) is 17.8 Å². The number of nitrogens with zero attached hydrogens (tertiary/aromatic N) is 1. The summed E-state index contributed by atoms with van der Waals surface area (Å²) in [4.78, 5) is 4.70. The van der Waals surface area contributed by atoms with Gasteiger partial charge in [-0.1, -0.05) is 31.2 Å². The first kappa shape index (κ1) is 12.9. The molecule has 0 aromatic heterocycles. The number of aliphatic imine (C=N–C) groups is 1. The van der Waals surface area contributed by atoms with Crippen molar-refractivity contribution in [2.45, 2.75) is 37.9 Å². The lowest BCUT2D eigenvalue weighted by molar-refractivity contribution is 0.474. The van der Waals surface area contributed by atoms with Crippen LogP contribution in [0.3, 0.4) is 0 Å². The smallest absolute Gasteiger partial charge is 0.0972 e. The third kappa shape index (κ3) is 2.63. The van der Waals surface area contributed by atoms with E-state index in [1.165, 1.54) is 5.56 Å². The monoisotopic (exact) mass is 277 g/mol. The summed E-state index contributed by atoms with van der Waals surface area (Å²) >= 11 is 6.24. The highest BCUT2D eigenvalue weighted by atomic mass is 35.5. The molecule has 3 rings (SSSR count). The normalized spacial score (nSPS) is 34.8. The Morgan fingerprint density at radius 3 is 2.95 bits per heavy atom. The number of nitrogens with two attached hydrogens (primary N) is 1. The maximum absolute atomic E-state index is 6.24. The largest absolute Gasteiger partial charge is 0.369 e. The second-order valence-corrected chi connectivity index (χ2v) is 6.16. The zero-order valence-electron chi connectivity index (χ0n) is 11.1. The summed E-state index contributed by atoms with van der Waals surface area (Å²) < 4.78 is 0. The SMILES string of the molecule is C[C@H]1CC(=NCc2cccc(CN)c2)N[C@@H]2[C@H](Cl)[C@@H]21. The maximum atomic E-state index is 6.24. The number of hydrogen-bond donors (Lipinski definition) is 2. The fraction of sp³-hybridized carbons (Fsp3) is 0.533. The molecule has 1 saturated carbocycles. The van der Waals surface area contributed by atoms with Gasteiger partial charge in [0.15, 0.2) is 0 Å². The molecule has 4 heteroatoms. The summed E-state index contributed by atoms with van der Waals surface area (Å²) in [6.45, 7) is 3.57. The molecule has 0 amide bonds. The molecule has 102 valence electrons. The number of piperidine rings is 1. The Labute approximate surface area is 119 Å². The molecule has 3 nitrogen and oxygen atoms in total. The molecule has 3 N–H and O–H groups in total. The van der Waals surface area contributed by atoms with Gasteiger partial charge >= 0.3 is 0 Å². The summed E-state index contributed by atoms with van der Waals surface area (Å²) in [7, 11) is 0. The lowest BCUT2D eigenvalue weighted by atomic mass is 9.98. The number of nitrogens with one attached hydrogen (secondary N) is 1. The topological polar surface area (TPSA) is 50.4 Å². The lowest BCUT2D eigenvalue weighted by Gasteiger charge is -2.20. The van der Waals surface area contributed by atoms with Gasteiger partial charge in [0.05, 0.1) is 17.8 Å². The Morgan fingerprint density at radius 1 is 1.42 bits per heavy atom. The summed E-state index contributed by atoms with van der Waals surface area (Å²) in [6.07, 6.45) is 1.01. The molecular formula is C15H20ClN3. The van der Waals surface area contributed by atoms with Crippen molar-refractivity contribution in [1.29, 1.82) is 0 Å². The first-order chi connectivity index (χ1) is 9.19. The van der Waals surface area contributed by atoms with E-state index in [2.05, 4.69) is 24.4 Å². The zero-order valence-corrected chi connectivity index (χ0v) is 11.9. The van der Waals surface area contributed by atoms with E-state index in [4.69, 9.17) is 22.3 Å². The van der Waals surface area contributed by atoms with Gasteiger partial charge in [0.2, 0.25) is 0 Å². The minimum absolute atomic E-state index is 0.295. The van der Waals surface area contributed by atoms with Gasteiger partial charge in [0, 0.05) is 24.9 Å². The predicted octanol–water partition coefficient (Wildman–Crippen LogP) is 2.28. The van der Waals surface area contributed by atoms with Gasteiger partial charge in [-0.15, -0.1) is 11.6 Å². The molecule has 1 saturated heterocycles. The summed E-state index contributed by atoms with van der Waals surface area (Å²) in [5.41, 5.74) is 8.02. The van der Waals surface area contributed by atoms with Crippen LogP contribution in [0.1, 0.15) is 24.5 Å². The van der Waals surface area contributed by atoms with Crippen molar-refractivity contribution < 1.29 is 0 Å². The molecule has 0 unspecified atom stereocenters. The van der Waals surface area contributed by atoms with Crippen LogP contribution >= 0.6 is 11.6 Å². The highest BCUT2D eigenvalue weighted by Crippen LogP contribution is 2.46. The fourth-order valence-corrected chi connectivity index (χ4v) is 3.54. The number of benzene rings is 1. The van der Waals surface area contributed by atoms with Crippen molar-refractivity contribution in [3.05, 3.63) is 35.4 Å². The summed E-state index contributed by atoms with van der Waals surface area (Å²) in [5, 5.41) is 3.76. The van der Waals surface area contributed by atoms with Gasteiger partial charge in [-0.05, 0) is 17.0 Å². The number of halogens is 1. The summed E-state index contributed by atoms with van der Waals surface area (Å²) in [6, 6.07) is 8.75. The number of hydrogen-bond acceptors (Lipinski definition) is 2. The molecule has 0 spiro atoms. The van der Waals surface area contributed by atoms with Crippen LogP contribution in [-0.2, 0) is 13.1 Å². The Morgan fingerprint density at radius 2 is 2.21 bits per heavy atom. The van der Waals surface area contributed by atoms with Crippen molar-refractivity contribution >= 4 is 17.4 Å². The van der Waals surface area contributed by atoms with Gasteiger partial charge in [-0.25, -0.2) is 0 Å². The highest BCUT2D eigenvalue weighted by molar-refractivity contribution is 6.24. The molecule has 1 aliphatic heterocycles. The molecule has 4 atom stereocenters. The second kappa shape index (κ2) is 5.14. The Kier molecular flexibility index (Phi) is 3.50. The minimum Gasteiger partial charge on any atom is -0.369 e. The molecule has 2 aliphatic rings. The first-order valence-electron chi connectivity index (χ1n) is 6.91. The molecule has 19 heavy (non-hydrogen) atoms. The molecule has 2 fully saturated rings. The number of alkyl halides is 1. The van der Waals surface area contributed by atoms with Crippen molar-refractivity contribution in [2.24, 2.45) is 22.6 Å². The summed E-state index contributed by atoms with van der Waals surface area (Å²) in [5.74, 6) is 2.39. The molecule has 0 bridgehead atoms. The quantitative estimate of drug-likeness (QED) is 0.833. The Bertz CT molecular complexity index is 490. The third-order valence-corrected chi connectivity index (χ3v) is 4.73. The lowest BCUT2D eigenvalue weighted by Crippen LogP contribution is -2.34. The Balaban J connectivity index is 1.66. The number of amidine groups is 1. The molecule has 1 aliphatic carbocycles. The van der Waals surface area contributed by atoms with E-state index in [1.807, 2.05) is 12.1 Å². The predicted molar refractivity (Wildman–Crippen MR) is 79.3 cm³/mol. The first-order valence-corrected chi connectivity index (χ1v) is 7.34. The van der Waals surface area contributed by atoms with Crippen LogP contribution < -0.4 is 11.1 Å². The average Bonchev–Trinajstić information content (AvgIpc) is 3.08. The molecule has 1 aromatic carbocycles. The zero-order chi connectivity index (χ0) is 13.4. The maximum Gasteiger partial charge on any atom is 0.0972 e. The van der Waals surface area contributed by atoms with Crippen LogP contribution in [0.2, 0.25) is 0 Å². The minimum atomic E-state index is 0.295. The van der Waals surface area contributed by atoms with Gasteiger partial charge in [-0.3, -0.25) is 4.99 Å². The van der Waals surface area contributed by atoms with Crippen molar-refractivity contribution in [2.75, 3.05) is 0 Å². The number of fused-ring (bicyclic) bond motifs is 1. The fourth-order valence-electron chi connectivity index (χ4n) is 2.98. The standard InChI is InChI=1S/C15H20ClN3/c1-9-5-12(19-15-13(9)14(15)16)18-8-11-4-2-3-10(6-11)7-17/h2-4,6,9,13-15H,5,7-8,17H2,1H3,(H,18,19)/t9-,13-,14+,15-/m0/s1. The van der Waals surface area contributed by atoms with Crippen LogP contribution in [-0.4, -0.2) is 17.3 Å². The van der Waals surface area contributed by atoms with Crippen molar-refractivity contribution in [3.8, 4) is 0 Å². The average molecular weight is 278 g/mol. The van der Waals surface area contributed by atoms with Crippen LogP contribution in [0.15, 0.2) is 29.3 Å². The van der Waals surface area contributed by atoms with E-state index in [9.17, 15) is 0 Å².